The summed E-state index contributed by atoms with van der Waals surface area (Å²) in [6, 6.07) is 0. The van der Waals surface area contributed by atoms with Gasteiger partial charge in [-0.1, -0.05) is 73.2 Å². The van der Waals surface area contributed by atoms with Crippen molar-refractivity contribution in [1.29, 1.82) is 0 Å². The fourth-order valence-electron chi connectivity index (χ4n) is 7.52. The Labute approximate surface area is 667 Å². The van der Waals surface area contributed by atoms with Crippen LogP contribution in [-0.4, -0.2) is 195 Å². The Morgan fingerprint density at radius 1 is 0.445 bits per heavy atom. The average molecular weight is 1790 g/mol. The Bertz CT molecular complexity index is 3330. The molecule has 0 aromatic carbocycles. The average Bonchev–Trinajstić information content (AvgIpc) is 0.748. The minimum Gasteiger partial charge on any atom is -0.464 e. The van der Waals surface area contributed by atoms with Gasteiger partial charge in [0, 0.05) is 58.8 Å². The summed E-state index contributed by atoms with van der Waals surface area (Å²) < 4.78 is 360. The maximum Gasteiger partial charge on any atom is 0.435 e. The van der Waals surface area contributed by atoms with Crippen molar-refractivity contribution in [3.63, 3.8) is 0 Å². The van der Waals surface area contributed by atoms with E-state index in [0.29, 0.717) is 19.8 Å². The summed E-state index contributed by atoms with van der Waals surface area (Å²) in [5.41, 5.74) is -8.40. The SMILES string of the molecule is C=C(C)C(=O)OC(C)(C)CCCC(F)(F)F.C=C(C)C(=O)OC(C)C(F)(F)F.C=C(C)C(=O)OC(CC(C)C)C(F)(C(F)(F)F)C(F)(F)F.C=C(C)C(=O)OC(CC)C(F)(F)C(=O)OC.C=C(C)C(=O)OC1(C(O)CCC(=O)OCC(C)(F)F)CCCCC1.C=C(C)C(=O)OCC(F)(F)F.C=C(CC(=O)OCC(F)(F)F)C(=O)OCC(F)(F)F. The van der Waals surface area contributed by atoms with Crippen molar-refractivity contribution in [2.75, 3.05) is 33.5 Å². The van der Waals surface area contributed by atoms with Gasteiger partial charge in [-0.3, -0.25) is 9.59 Å². The molecule has 1 rings (SSSR count). The molecule has 0 heterocycles. The van der Waals surface area contributed by atoms with Gasteiger partial charge in [-0.05, 0) is 126 Å². The molecule has 1 aliphatic carbocycles. The van der Waals surface area contributed by atoms with Crippen LogP contribution in [0.4, 0.5) is 114 Å². The van der Waals surface area contributed by atoms with Gasteiger partial charge in [-0.25, -0.2) is 51.5 Å². The molecule has 1 aliphatic rings. The summed E-state index contributed by atoms with van der Waals surface area (Å²) in [5.74, 6) is -18.9. The molecule has 0 aliphatic heterocycles. The Hall–Kier alpha value is -8.98. The summed E-state index contributed by atoms with van der Waals surface area (Å²) in [6.45, 7) is 32.5. The van der Waals surface area contributed by atoms with Gasteiger partial charge in [0.05, 0.1) is 19.6 Å². The number of methoxy groups -OCH3 is 1. The van der Waals surface area contributed by atoms with E-state index in [1.165, 1.54) is 55.4 Å². The quantitative estimate of drug-likeness (QED) is 0.0283. The standard InChI is InChI=1S/C17H26F2O5.C12H15F7O2.C11H17F3O2.C10H14F2O4.C9H8F6O4.C7H9F3O2.C6H7F3O2/c1-12(2)15(22)24-17(9-5-4-6-10-17)13(20)7-8-14(21)23-11-16(3,18)19;1-6(2)5-8(21-9(20)7(3)4)10(13,11(14,15)16)12(17,18)19;1-8(2)9(15)16-10(3,4)6-5-7-11(12,13)14;1-5-7(16-8(13)6(2)3)10(11,12)9(14)15-4;1-5(7(17)19-4-9(13,14)15)2-6(16)18-3-8(10,11)12;1-4(2)6(11)12-5(3)7(8,9)10;1-4(2)5(10)11-3-6(7,8)9/h13,20H,1,4-11H2,2-3H3;6,8H,3,5H2,1-2,4H3;1,5-7H2,2-4H3;7H,2,5H2,1,3-4H3;1-4H2;5H,1H2,2-3H3;1,3H2,2H3. The summed E-state index contributed by atoms with van der Waals surface area (Å²) in [6.07, 6.45) is -42.8. The molecular formula is C72H96F26O21. The molecule has 119 heavy (non-hydrogen) atoms. The maximum absolute atomic E-state index is 13.9. The molecule has 0 bridgehead atoms. The molecule has 0 spiro atoms. The first-order valence-electron chi connectivity index (χ1n) is 34.0. The third-order valence-electron chi connectivity index (χ3n) is 13.6. The van der Waals surface area contributed by atoms with Crippen LogP contribution < -0.4 is 0 Å². The Kier molecular flexibility index (Phi) is 53.1. The molecular weight excluding hydrogens is 1690 g/mol. The first-order chi connectivity index (χ1) is 53.0. The van der Waals surface area contributed by atoms with Gasteiger partial charge in [-0.2, -0.15) is 101 Å². The number of ether oxygens (including phenoxy) is 10. The van der Waals surface area contributed by atoms with E-state index >= 15 is 0 Å². The van der Waals surface area contributed by atoms with Crippen molar-refractivity contribution in [2.45, 2.75) is 270 Å². The predicted molar refractivity (Wildman–Crippen MR) is 367 cm³/mol. The second-order valence-electron chi connectivity index (χ2n) is 26.8. The number of carbonyl (C=O) groups is 10. The molecule has 4 unspecified atom stereocenters. The topological polar surface area (TPSA) is 283 Å². The van der Waals surface area contributed by atoms with Gasteiger partial charge in [0.25, 0.3) is 5.92 Å². The van der Waals surface area contributed by atoms with Crippen LogP contribution in [0.3, 0.4) is 0 Å². The monoisotopic (exact) mass is 1790 g/mol. The van der Waals surface area contributed by atoms with E-state index in [2.05, 4.69) is 83.9 Å². The molecule has 0 aromatic heterocycles. The molecule has 4 atom stereocenters. The van der Waals surface area contributed by atoms with Gasteiger partial charge in [-0.15, -0.1) is 0 Å². The highest BCUT2D eigenvalue weighted by molar-refractivity contribution is 5.93. The molecule has 692 valence electrons. The smallest absolute Gasteiger partial charge is 0.435 e. The Balaban J connectivity index is -0.000000317. The van der Waals surface area contributed by atoms with E-state index in [-0.39, 0.29) is 60.0 Å². The highest BCUT2D eigenvalue weighted by Crippen LogP contribution is 2.51. The van der Waals surface area contributed by atoms with Crippen LogP contribution in [0.2, 0.25) is 0 Å². The van der Waals surface area contributed by atoms with E-state index in [4.69, 9.17) is 9.47 Å². The molecule has 47 heteroatoms. The van der Waals surface area contributed by atoms with Gasteiger partial charge >= 0.3 is 115 Å². The Morgan fingerprint density at radius 3 is 1.15 bits per heavy atom. The summed E-state index contributed by atoms with van der Waals surface area (Å²) in [7, 11) is 0.837. The molecule has 1 N–H and O–H groups in total. The van der Waals surface area contributed by atoms with Crippen molar-refractivity contribution in [2.24, 2.45) is 5.92 Å². The molecule has 0 amide bonds. The highest BCUT2D eigenvalue weighted by Gasteiger charge is 2.77. The largest absolute Gasteiger partial charge is 0.464 e. The number of rotatable bonds is 32. The normalized spacial score (nSPS) is 14.1. The van der Waals surface area contributed by atoms with Crippen LogP contribution in [0.1, 0.15) is 173 Å². The second kappa shape index (κ2) is 52.3. The first kappa shape index (κ1) is 121. The van der Waals surface area contributed by atoms with Crippen LogP contribution in [-0.2, 0) is 95.3 Å². The van der Waals surface area contributed by atoms with Gasteiger partial charge in [0.2, 0.25) is 0 Å². The zero-order chi connectivity index (χ0) is 95.8. The number of aliphatic hydroxyl groups excluding tert-OH is 1. The molecule has 0 radical (unpaired) electrons. The highest BCUT2D eigenvalue weighted by atomic mass is 19.4. The number of aliphatic hydroxyl groups is 1. The predicted octanol–water partition coefficient (Wildman–Crippen LogP) is 18.7. The van der Waals surface area contributed by atoms with Crippen LogP contribution in [0.25, 0.3) is 0 Å². The van der Waals surface area contributed by atoms with Crippen molar-refractivity contribution in [3.8, 4) is 0 Å². The summed E-state index contributed by atoms with van der Waals surface area (Å²) >= 11 is 0. The molecule has 1 saturated carbocycles. The van der Waals surface area contributed by atoms with Gasteiger partial charge in [0.15, 0.2) is 44.7 Å². The van der Waals surface area contributed by atoms with Crippen LogP contribution in [0.5, 0.6) is 0 Å². The second-order valence-corrected chi connectivity index (χ2v) is 26.8. The first-order valence-corrected chi connectivity index (χ1v) is 34.0. The zero-order valence-electron chi connectivity index (χ0n) is 66.8. The van der Waals surface area contributed by atoms with Crippen LogP contribution in [0, 0.1) is 5.92 Å². The van der Waals surface area contributed by atoms with E-state index < -0.39 is 219 Å². The van der Waals surface area contributed by atoms with E-state index in [1.54, 1.807) is 13.8 Å². The van der Waals surface area contributed by atoms with E-state index in [0.717, 1.165) is 40.2 Å². The third-order valence-corrected chi connectivity index (χ3v) is 13.6. The number of hydrogen-bond donors (Lipinski definition) is 1. The molecule has 21 nitrogen and oxygen atoms in total. The molecule has 1 fully saturated rings. The number of carbonyl (C=O) groups excluding carboxylic acids is 10. The maximum atomic E-state index is 13.9. The third kappa shape index (κ3) is 57.0. The van der Waals surface area contributed by atoms with Crippen LogP contribution in [0.15, 0.2) is 85.1 Å². The number of esters is 10. The summed E-state index contributed by atoms with van der Waals surface area (Å²) in [4.78, 5) is 110. The number of hydrogen-bond acceptors (Lipinski definition) is 21. The lowest BCUT2D eigenvalue weighted by molar-refractivity contribution is -0.365. The fraction of sp³-hybridized carbons (Fsp3) is 0.667. The van der Waals surface area contributed by atoms with Crippen molar-refractivity contribution in [3.05, 3.63) is 85.1 Å². The van der Waals surface area contributed by atoms with Crippen molar-refractivity contribution in [1.82, 2.24) is 0 Å². The molecule has 0 aromatic rings. The van der Waals surface area contributed by atoms with Gasteiger partial charge in [0.1, 0.15) is 11.2 Å². The van der Waals surface area contributed by atoms with Gasteiger partial charge < -0.3 is 52.5 Å². The Morgan fingerprint density at radius 2 is 0.815 bits per heavy atom. The summed E-state index contributed by atoms with van der Waals surface area (Å²) in [5, 5.41) is 10.5. The molecule has 0 saturated heterocycles. The van der Waals surface area contributed by atoms with Crippen LogP contribution >= 0.6 is 0 Å². The van der Waals surface area contributed by atoms with E-state index in [9.17, 15) is 167 Å². The minimum atomic E-state index is -6.28. The number of alkyl halides is 26. The lowest BCUT2D eigenvalue weighted by Gasteiger charge is -2.40. The van der Waals surface area contributed by atoms with E-state index in [1.807, 2.05) is 0 Å². The lowest BCUT2D eigenvalue weighted by Crippen LogP contribution is -2.62. The zero-order valence-corrected chi connectivity index (χ0v) is 66.8. The van der Waals surface area contributed by atoms with Crippen molar-refractivity contribution >= 4 is 59.7 Å². The number of halogens is 26. The minimum absolute atomic E-state index is 0.0147. The van der Waals surface area contributed by atoms with Crippen molar-refractivity contribution < 1.29 is 215 Å². The fourth-order valence-corrected chi connectivity index (χ4v) is 7.52. The lowest BCUT2D eigenvalue weighted by atomic mass is 9.79.